The summed E-state index contributed by atoms with van der Waals surface area (Å²) in [5, 5.41) is 11.8. The molecule has 4 nitrogen and oxygen atoms in total. The number of anilines is 1. The summed E-state index contributed by atoms with van der Waals surface area (Å²) in [7, 11) is 0. The lowest BCUT2D eigenvalue weighted by Gasteiger charge is -2.08. The van der Waals surface area contributed by atoms with Gasteiger partial charge in [0.25, 0.3) is 0 Å². The number of fused-ring (bicyclic) bond motifs is 1. The molecule has 0 spiro atoms. The van der Waals surface area contributed by atoms with E-state index in [9.17, 15) is 0 Å². The molecule has 0 aliphatic carbocycles. The fourth-order valence-electron chi connectivity index (χ4n) is 1.85. The second-order valence-corrected chi connectivity index (χ2v) is 4.42. The predicted octanol–water partition coefficient (Wildman–Crippen LogP) is 3.22. The first-order valence-electron chi connectivity index (χ1n) is 5.59. The Morgan fingerprint density at radius 2 is 2.22 bits per heavy atom. The Kier molecular flexibility index (Phi) is 2.86. The first kappa shape index (κ1) is 11.0. The van der Waals surface area contributed by atoms with Crippen LogP contribution >= 0.6 is 11.6 Å². The normalized spacial score (nSPS) is 10.7. The summed E-state index contributed by atoms with van der Waals surface area (Å²) in [6.07, 6.45) is 5.44. The minimum absolute atomic E-state index is 0.696. The van der Waals surface area contributed by atoms with Gasteiger partial charge < -0.3 is 5.32 Å². The fourth-order valence-corrected chi connectivity index (χ4v) is 2.01. The maximum absolute atomic E-state index is 5.96. The number of halogens is 1. The van der Waals surface area contributed by atoms with Gasteiger partial charge in [-0.2, -0.15) is 5.10 Å². The smallest absolute Gasteiger partial charge is 0.0737 e. The van der Waals surface area contributed by atoms with Gasteiger partial charge in [-0.05, 0) is 24.3 Å². The molecule has 0 bridgehead atoms. The van der Waals surface area contributed by atoms with Gasteiger partial charge in [0.2, 0.25) is 0 Å². The first-order valence-corrected chi connectivity index (χ1v) is 5.96. The van der Waals surface area contributed by atoms with Crippen molar-refractivity contribution in [3.05, 3.63) is 53.4 Å². The van der Waals surface area contributed by atoms with E-state index >= 15 is 0 Å². The second kappa shape index (κ2) is 4.66. The summed E-state index contributed by atoms with van der Waals surface area (Å²) in [6.45, 7) is 0.720. The van der Waals surface area contributed by atoms with Crippen LogP contribution in [0.5, 0.6) is 0 Å². The van der Waals surface area contributed by atoms with Crippen LogP contribution in [0.4, 0.5) is 5.69 Å². The third kappa shape index (κ3) is 2.15. The molecule has 0 saturated carbocycles. The molecule has 0 saturated heterocycles. The van der Waals surface area contributed by atoms with Gasteiger partial charge in [-0.1, -0.05) is 11.6 Å². The SMILES string of the molecule is Clc1ccc2c(NCc3cn[nH]c3)ccnc2c1. The fraction of sp³-hybridized carbons (Fsp3) is 0.0769. The van der Waals surface area contributed by atoms with Gasteiger partial charge in [0.05, 0.1) is 11.7 Å². The first-order chi connectivity index (χ1) is 8.83. The van der Waals surface area contributed by atoms with Crippen LogP contribution in [-0.2, 0) is 6.54 Å². The molecule has 90 valence electrons. The van der Waals surface area contributed by atoms with E-state index in [4.69, 9.17) is 11.6 Å². The Hall–Kier alpha value is -2.07. The van der Waals surface area contributed by atoms with Gasteiger partial charge in [-0.3, -0.25) is 10.1 Å². The van der Waals surface area contributed by atoms with Gasteiger partial charge in [0.15, 0.2) is 0 Å². The molecule has 0 unspecified atom stereocenters. The van der Waals surface area contributed by atoms with Crippen LogP contribution in [0.1, 0.15) is 5.56 Å². The molecule has 1 aromatic carbocycles. The molecule has 2 heterocycles. The van der Waals surface area contributed by atoms with Gasteiger partial charge in [-0.15, -0.1) is 0 Å². The molecule has 2 N–H and O–H groups in total. The van der Waals surface area contributed by atoms with Crippen LogP contribution in [0.2, 0.25) is 5.02 Å². The Balaban J connectivity index is 1.92. The summed E-state index contributed by atoms with van der Waals surface area (Å²) in [6, 6.07) is 7.66. The molecule has 0 amide bonds. The van der Waals surface area contributed by atoms with Crippen LogP contribution in [0.3, 0.4) is 0 Å². The minimum Gasteiger partial charge on any atom is -0.380 e. The zero-order valence-electron chi connectivity index (χ0n) is 9.52. The van der Waals surface area contributed by atoms with Crippen molar-refractivity contribution in [1.82, 2.24) is 15.2 Å². The van der Waals surface area contributed by atoms with E-state index in [-0.39, 0.29) is 0 Å². The molecule has 3 aromatic rings. The van der Waals surface area contributed by atoms with Crippen LogP contribution in [0.15, 0.2) is 42.9 Å². The van der Waals surface area contributed by atoms with Crippen molar-refractivity contribution < 1.29 is 0 Å². The van der Waals surface area contributed by atoms with Crippen LogP contribution < -0.4 is 5.32 Å². The zero-order valence-corrected chi connectivity index (χ0v) is 10.3. The Labute approximate surface area is 109 Å². The third-order valence-electron chi connectivity index (χ3n) is 2.74. The Bertz CT molecular complexity index is 664. The lowest BCUT2D eigenvalue weighted by Crippen LogP contribution is -1.99. The quantitative estimate of drug-likeness (QED) is 0.758. The predicted molar refractivity (Wildman–Crippen MR) is 72.7 cm³/mol. The lowest BCUT2D eigenvalue weighted by atomic mass is 10.2. The summed E-state index contributed by atoms with van der Waals surface area (Å²) in [5.74, 6) is 0. The molecule has 0 fully saturated rings. The number of H-pyrrole nitrogens is 1. The molecular formula is C13H11ClN4. The maximum Gasteiger partial charge on any atom is 0.0737 e. The molecular weight excluding hydrogens is 248 g/mol. The number of pyridine rings is 1. The Morgan fingerprint density at radius 3 is 3.06 bits per heavy atom. The minimum atomic E-state index is 0.696. The average molecular weight is 259 g/mol. The van der Waals surface area contributed by atoms with E-state index in [0.29, 0.717) is 5.02 Å². The highest BCUT2D eigenvalue weighted by molar-refractivity contribution is 6.31. The third-order valence-corrected chi connectivity index (χ3v) is 2.98. The highest BCUT2D eigenvalue weighted by Crippen LogP contribution is 2.24. The average Bonchev–Trinajstić information content (AvgIpc) is 2.89. The molecule has 0 aliphatic rings. The van der Waals surface area contributed by atoms with Gasteiger partial charge in [0, 0.05) is 40.6 Å². The van der Waals surface area contributed by atoms with Crippen LogP contribution in [-0.4, -0.2) is 15.2 Å². The number of hydrogen-bond donors (Lipinski definition) is 2. The zero-order chi connectivity index (χ0) is 12.4. The molecule has 0 radical (unpaired) electrons. The van der Waals surface area contributed by atoms with Crippen molar-refractivity contribution in [3.63, 3.8) is 0 Å². The van der Waals surface area contributed by atoms with Crippen LogP contribution in [0, 0.1) is 0 Å². The summed E-state index contributed by atoms with van der Waals surface area (Å²) in [5.41, 5.74) is 3.03. The van der Waals surface area contributed by atoms with Crippen molar-refractivity contribution in [2.24, 2.45) is 0 Å². The van der Waals surface area contributed by atoms with Crippen molar-refractivity contribution >= 4 is 28.2 Å². The van der Waals surface area contributed by atoms with Crippen molar-refractivity contribution in [2.45, 2.75) is 6.54 Å². The van der Waals surface area contributed by atoms with E-state index in [1.54, 1.807) is 12.4 Å². The van der Waals surface area contributed by atoms with Crippen molar-refractivity contribution in [2.75, 3.05) is 5.32 Å². The van der Waals surface area contributed by atoms with Crippen molar-refractivity contribution in [3.8, 4) is 0 Å². The number of hydrogen-bond acceptors (Lipinski definition) is 3. The van der Waals surface area contributed by atoms with E-state index < -0.39 is 0 Å². The van der Waals surface area contributed by atoms with Gasteiger partial charge in [-0.25, -0.2) is 0 Å². The van der Waals surface area contributed by atoms with E-state index in [1.165, 1.54) is 0 Å². The van der Waals surface area contributed by atoms with E-state index in [2.05, 4.69) is 20.5 Å². The highest BCUT2D eigenvalue weighted by Gasteiger charge is 2.02. The highest BCUT2D eigenvalue weighted by atomic mass is 35.5. The van der Waals surface area contributed by atoms with Crippen molar-refractivity contribution in [1.29, 1.82) is 0 Å². The van der Waals surface area contributed by atoms with E-state index in [0.717, 1.165) is 28.7 Å². The number of benzene rings is 1. The number of nitrogens with zero attached hydrogens (tertiary/aromatic N) is 2. The topological polar surface area (TPSA) is 53.6 Å². The molecule has 5 heteroatoms. The summed E-state index contributed by atoms with van der Waals surface area (Å²) in [4.78, 5) is 4.30. The molecule has 2 aromatic heterocycles. The number of rotatable bonds is 3. The van der Waals surface area contributed by atoms with E-state index in [1.807, 2.05) is 30.5 Å². The summed E-state index contributed by atoms with van der Waals surface area (Å²) >= 11 is 5.96. The standard InChI is InChI=1S/C13H11ClN4/c14-10-1-2-11-12(3-4-15-13(11)5-10)16-6-9-7-17-18-8-9/h1-5,7-8H,6H2,(H,15,16)(H,17,18). The lowest BCUT2D eigenvalue weighted by molar-refractivity contribution is 1.09. The second-order valence-electron chi connectivity index (χ2n) is 3.98. The molecule has 3 rings (SSSR count). The Morgan fingerprint density at radius 1 is 1.28 bits per heavy atom. The maximum atomic E-state index is 5.96. The number of nitrogens with one attached hydrogen (secondary N) is 2. The molecule has 0 aliphatic heterocycles. The molecule has 0 atom stereocenters. The largest absolute Gasteiger partial charge is 0.380 e. The number of aromatic amines is 1. The monoisotopic (exact) mass is 258 g/mol. The molecule has 18 heavy (non-hydrogen) atoms. The summed E-state index contributed by atoms with van der Waals surface area (Å²) < 4.78 is 0. The van der Waals surface area contributed by atoms with Gasteiger partial charge >= 0.3 is 0 Å². The van der Waals surface area contributed by atoms with Crippen LogP contribution in [0.25, 0.3) is 10.9 Å². The van der Waals surface area contributed by atoms with Gasteiger partial charge in [0.1, 0.15) is 0 Å². The number of aromatic nitrogens is 3.